The van der Waals surface area contributed by atoms with Crippen molar-refractivity contribution in [1.82, 2.24) is 5.32 Å². The largest absolute Gasteiger partial charge is 0.493 e. The molecule has 2 N–H and O–H groups in total. The van der Waals surface area contributed by atoms with Crippen LogP contribution in [0.1, 0.15) is 29.5 Å². The van der Waals surface area contributed by atoms with Crippen LogP contribution in [0.4, 0.5) is 0 Å². The standard InChI is InChI=1S/C14H19NO.C7H8O3S/c1-2-4-13-7-14(6-5-12(13)3-1)16-10-11-8-15-9-11;1-6-2-4-7(5-3-6)11(8,9)10/h5-7,11,15H,1-4,8-10H2;2-5H,1H3,(H,8,9,10). The van der Waals surface area contributed by atoms with Gasteiger partial charge in [0.2, 0.25) is 0 Å². The van der Waals surface area contributed by atoms with Crippen molar-refractivity contribution in [2.45, 2.75) is 37.5 Å². The second kappa shape index (κ2) is 8.87. The fraction of sp³-hybridized carbons (Fsp3) is 0.429. The van der Waals surface area contributed by atoms with Gasteiger partial charge in [0.05, 0.1) is 11.5 Å². The van der Waals surface area contributed by atoms with Crippen LogP contribution in [0.25, 0.3) is 0 Å². The van der Waals surface area contributed by atoms with E-state index in [2.05, 4.69) is 23.5 Å². The van der Waals surface area contributed by atoms with E-state index in [4.69, 9.17) is 9.29 Å². The lowest BCUT2D eigenvalue weighted by Crippen LogP contribution is -2.45. The first-order valence-electron chi connectivity index (χ1n) is 9.41. The molecule has 0 amide bonds. The Morgan fingerprint density at radius 3 is 2.30 bits per heavy atom. The zero-order valence-corrected chi connectivity index (χ0v) is 16.5. The molecule has 2 aliphatic rings. The van der Waals surface area contributed by atoms with Crippen LogP contribution in [0, 0.1) is 12.8 Å². The van der Waals surface area contributed by atoms with Gasteiger partial charge in [-0.2, -0.15) is 8.42 Å². The topological polar surface area (TPSA) is 75.6 Å². The summed E-state index contributed by atoms with van der Waals surface area (Å²) in [5, 5.41) is 3.27. The molecular formula is C21H27NO4S. The van der Waals surface area contributed by atoms with Crippen LogP contribution in [0.3, 0.4) is 0 Å². The lowest BCUT2D eigenvalue weighted by Gasteiger charge is -2.27. The van der Waals surface area contributed by atoms with E-state index in [0.29, 0.717) is 0 Å². The highest BCUT2D eigenvalue weighted by Crippen LogP contribution is 2.25. The van der Waals surface area contributed by atoms with Crippen LogP contribution in [0.2, 0.25) is 0 Å². The Hall–Kier alpha value is -1.89. The SMILES string of the molecule is Cc1ccc(S(=O)(=O)O)cc1.c1cc2c(cc1OCC1CNC1)CCCC2. The van der Waals surface area contributed by atoms with Gasteiger partial charge < -0.3 is 10.1 Å². The van der Waals surface area contributed by atoms with Gasteiger partial charge in [0, 0.05) is 19.0 Å². The van der Waals surface area contributed by atoms with Crippen LogP contribution in [-0.2, 0) is 23.0 Å². The molecule has 0 unspecified atom stereocenters. The van der Waals surface area contributed by atoms with Crippen molar-refractivity contribution < 1.29 is 17.7 Å². The monoisotopic (exact) mass is 389 g/mol. The molecule has 1 heterocycles. The Balaban J connectivity index is 0.000000168. The van der Waals surface area contributed by atoms with E-state index in [0.717, 1.165) is 36.9 Å². The summed E-state index contributed by atoms with van der Waals surface area (Å²) in [6, 6.07) is 12.6. The van der Waals surface area contributed by atoms with Gasteiger partial charge in [0.15, 0.2) is 0 Å². The fourth-order valence-electron chi connectivity index (χ4n) is 3.19. The van der Waals surface area contributed by atoms with Gasteiger partial charge in [-0.05, 0) is 68.0 Å². The highest BCUT2D eigenvalue weighted by molar-refractivity contribution is 7.85. The van der Waals surface area contributed by atoms with E-state index < -0.39 is 10.1 Å². The molecule has 0 radical (unpaired) electrons. The molecule has 0 saturated carbocycles. The summed E-state index contributed by atoms with van der Waals surface area (Å²) in [7, 11) is -4.02. The predicted octanol–water partition coefficient (Wildman–Crippen LogP) is 3.41. The van der Waals surface area contributed by atoms with E-state index in [1.165, 1.54) is 48.9 Å². The Bertz CT molecular complexity index is 858. The zero-order valence-electron chi connectivity index (χ0n) is 15.6. The number of fused-ring (bicyclic) bond motifs is 1. The maximum Gasteiger partial charge on any atom is 0.294 e. The first kappa shape index (κ1) is 19.9. The third-order valence-corrected chi connectivity index (χ3v) is 5.86. The Kier molecular flexibility index (Phi) is 6.52. The van der Waals surface area contributed by atoms with Crippen molar-refractivity contribution in [3.05, 3.63) is 59.2 Å². The Morgan fingerprint density at radius 1 is 1.04 bits per heavy atom. The Morgan fingerprint density at radius 2 is 1.70 bits per heavy atom. The summed E-state index contributed by atoms with van der Waals surface area (Å²) in [6.45, 7) is 4.94. The lowest BCUT2D eigenvalue weighted by molar-refractivity contribution is 0.199. The number of hydrogen-bond acceptors (Lipinski definition) is 4. The van der Waals surface area contributed by atoms with Crippen molar-refractivity contribution in [3.63, 3.8) is 0 Å². The van der Waals surface area contributed by atoms with Gasteiger partial charge in [-0.15, -0.1) is 0 Å². The summed E-state index contributed by atoms with van der Waals surface area (Å²) in [5.74, 6) is 1.78. The summed E-state index contributed by atoms with van der Waals surface area (Å²) >= 11 is 0. The lowest BCUT2D eigenvalue weighted by atomic mass is 9.92. The van der Waals surface area contributed by atoms with Crippen molar-refractivity contribution in [1.29, 1.82) is 0 Å². The molecule has 1 aliphatic carbocycles. The minimum Gasteiger partial charge on any atom is -0.493 e. The number of ether oxygens (including phenoxy) is 1. The molecule has 1 fully saturated rings. The normalized spacial score (nSPS) is 16.5. The fourth-order valence-corrected chi connectivity index (χ4v) is 3.67. The van der Waals surface area contributed by atoms with Crippen molar-refractivity contribution >= 4 is 10.1 Å². The number of aryl methyl sites for hydroxylation is 3. The van der Waals surface area contributed by atoms with E-state index >= 15 is 0 Å². The molecule has 6 heteroatoms. The molecule has 5 nitrogen and oxygen atoms in total. The van der Waals surface area contributed by atoms with Gasteiger partial charge in [-0.25, -0.2) is 0 Å². The molecule has 0 spiro atoms. The van der Waals surface area contributed by atoms with Crippen molar-refractivity contribution in [2.75, 3.05) is 19.7 Å². The first-order valence-corrected chi connectivity index (χ1v) is 10.9. The second-order valence-electron chi connectivity index (χ2n) is 7.26. The van der Waals surface area contributed by atoms with E-state index in [9.17, 15) is 8.42 Å². The average molecular weight is 390 g/mol. The molecule has 0 bridgehead atoms. The summed E-state index contributed by atoms with van der Waals surface area (Å²) in [6.07, 6.45) is 5.17. The molecule has 1 aliphatic heterocycles. The molecule has 146 valence electrons. The predicted molar refractivity (Wildman–Crippen MR) is 106 cm³/mol. The summed E-state index contributed by atoms with van der Waals surface area (Å²) in [5.41, 5.74) is 4.00. The minimum atomic E-state index is -4.02. The number of hydrogen-bond donors (Lipinski definition) is 2. The maximum absolute atomic E-state index is 10.5. The molecule has 0 atom stereocenters. The van der Waals surface area contributed by atoms with Crippen molar-refractivity contribution in [3.8, 4) is 5.75 Å². The number of rotatable bonds is 4. The van der Waals surface area contributed by atoms with E-state index in [1.54, 1.807) is 12.1 Å². The van der Waals surface area contributed by atoms with Crippen LogP contribution in [-0.4, -0.2) is 32.7 Å². The van der Waals surface area contributed by atoms with Gasteiger partial charge in [-0.3, -0.25) is 4.55 Å². The third kappa shape index (κ3) is 5.79. The van der Waals surface area contributed by atoms with Crippen LogP contribution < -0.4 is 10.1 Å². The van der Waals surface area contributed by atoms with Gasteiger partial charge >= 0.3 is 0 Å². The summed E-state index contributed by atoms with van der Waals surface area (Å²) in [4.78, 5) is -0.0666. The first-order chi connectivity index (χ1) is 12.9. The molecule has 0 aromatic heterocycles. The molecule has 1 saturated heterocycles. The van der Waals surface area contributed by atoms with Crippen LogP contribution in [0.15, 0.2) is 47.4 Å². The third-order valence-electron chi connectivity index (χ3n) is 4.99. The molecule has 2 aromatic carbocycles. The van der Waals surface area contributed by atoms with Gasteiger partial charge in [0.1, 0.15) is 5.75 Å². The summed E-state index contributed by atoms with van der Waals surface area (Å²) < 4.78 is 35.4. The van der Waals surface area contributed by atoms with Crippen LogP contribution >= 0.6 is 0 Å². The molecule has 2 aromatic rings. The molecule has 4 rings (SSSR count). The molecular weight excluding hydrogens is 362 g/mol. The number of nitrogens with one attached hydrogen (secondary N) is 1. The van der Waals surface area contributed by atoms with Crippen LogP contribution in [0.5, 0.6) is 5.75 Å². The highest BCUT2D eigenvalue weighted by atomic mass is 32.2. The molecule has 27 heavy (non-hydrogen) atoms. The highest BCUT2D eigenvalue weighted by Gasteiger charge is 2.17. The van der Waals surface area contributed by atoms with E-state index in [-0.39, 0.29) is 4.90 Å². The quantitative estimate of drug-likeness (QED) is 0.784. The van der Waals surface area contributed by atoms with Gasteiger partial charge in [-0.1, -0.05) is 23.8 Å². The maximum atomic E-state index is 10.5. The zero-order chi connectivity index (χ0) is 19.3. The number of benzene rings is 2. The van der Waals surface area contributed by atoms with Crippen molar-refractivity contribution in [2.24, 2.45) is 5.92 Å². The van der Waals surface area contributed by atoms with Gasteiger partial charge in [0.25, 0.3) is 10.1 Å². The minimum absolute atomic E-state index is 0.0666. The van der Waals surface area contributed by atoms with E-state index in [1.807, 2.05) is 6.92 Å². The Labute approximate surface area is 161 Å². The smallest absolute Gasteiger partial charge is 0.294 e. The second-order valence-corrected chi connectivity index (χ2v) is 8.68. The average Bonchev–Trinajstić information content (AvgIpc) is 2.60.